The maximum atomic E-state index is 13.4. The lowest BCUT2D eigenvalue weighted by molar-refractivity contribution is 0.181. The summed E-state index contributed by atoms with van der Waals surface area (Å²) in [5.41, 5.74) is 2.98. The predicted octanol–water partition coefficient (Wildman–Crippen LogP) is 7.57. The van der Waals surface area contributed by atoms with Crippen LogP contribution < -0.4 is 10.1 Å². The lowest BCUT2D eigenvalue weighted by Crippen LogP contribution is -2.41. The molecule has 0 bridgehead atoms. The molecule has 0 spiro atoms. The summed E-state index contributed by atoms with van der Waals surface area (Å²) in [7, 11) is 0. The van der Waals surface area contributed by atoms with Gasteiger partial charge in [0.15, 0.2) is 0 Å². The van der Waals surface area contributed by atoms with Gasteiger partial charge in [-0.1, -0.05) is 78.3 Å². The van der Waals surface area contributed by atoms with E-state index >= 15 is 0 Å². The summed E-state index contributed by atoms with van der Waals surface area (Å²) < 4.78 is 6.87. The van der Waals surface area contributed by atoms with Crippen LogP contribution in [0, 0.1) is 0 Å². The Morgan fingerprint density at radius 1 is 0.944 bits per heavy atom. The van der Waals surface area contributed by atoms with Gasteiger partial charge in [-0.05, 0) is 80.9 Å². The quantitative estimate of drug-likeness (QED) is 0.238. The molecule has 36 heavy (non-hydrogen) atoms. The van der Waals surface area contributed by atoms with E-state index in [1.807, 2.05) is 71.6 Å². The fraction of sp³-hybridized carbons (Fsp3) is 0.367. The average molecular weight is 553 g/mol. The monoisotopic (exact) mass is 551 g/mol. The van der Waals surface area contributed by atoms with Gasteiger partial charge in [0.05, 0.1) is 0 Å². The number of rotatable bonds is 13. The number of hydrogen-bond acceptors (Lipinski definition) is 3. The third-order valence-corrected chi connectivity index (χ3v) is 6.88. The minimum atomic E-state index is -0.0900. The lowest BCUT2D eigenvalue weighted by atomic mass is 10.1. The maximum absolute atomic E-state index is 13.4. The fourth-order valence-corrected chi connectivity index (χ4v) is 4.52. The van der Waals surface area contributed by atoms with E-state index in [4.69, 9.17) is 4.74 Å². The van der Waals surface area contributed by atoms with Crippen LogP contribution in [0.4, 0.5) is 10.5 Å². The highest BCUT2D eigenvalue weighted by Crippen LogP contribution is 2.20. The Kier molecular flexibility index (Phi) is 11.3. The number of amides is 2. The van der Waals surface area contributed by atoms with Crippen molar-refractivity contribution in [2.75, 3.05) is 25.0 Å². The second-order valence-corrected chi connectivity index (χ2v) is 9.92. The summed E-state index contributed by atoms with van der Waals surface area (Å²) in [6.45, 7) is 10.7. The summed E-state index contributed by atoms with van der Waals surface area (Å²) in [6, 6.07) is 25.9. The maximum Gasteiger partial charge on any atom is 0.322 e. The summed E-state index contributed by atoms with van der Waals surface area (Å²) in [5, 5.41) is 3.08. The van der Waals surface area contributed by atoms with Gasteiger partial charge in [-0.2, -0.15) is 0 Å². The molecule has 0 radical (unpaired) electrons. The molecule has 5 nitrogen and oxygen atoms in total. The SMILES string of the molecule is CCN(CC)CCCC(C)N(Cc1ccc(OCc2ccccc2)cc1)C(=O)Nc1cccc(Br)c1. The molecular formula is C30H38BrN3O2. The first-order valence-electron chi connectivity index (χ1n) is 12.8. The standard InChI is InChI=1S/C30H38BrN3O2/c1-4-33(5-2)20-10-11-24(3)34(30(35)32-28-15-9-14-27(31)21-28)22-25-16-18-29(19-17-25)36-23-26-12-7-6-8-13-26/h6-9,12-19,21,24H,4-5,10-11,20,22-23H2,1-3H3,(H,32,35). The average Bonchev–Trinajstić information content (AvgIpc) is 2.89. The van der Waals surface area contributed by atoms with Gasteiger partial charge >= 0.3 is 6.03 Å². The number of hydrogen-bond donors (Lipinski definition) is 1. The molecule has 0 saturated heterocycles. The Morgan fingerprint density at radius 3 is 2.33 bits per heavy atom. The molecule has 3 aromatic carbocycles. The molecule has 0 aromatic heterocycles. The Morgan fingerprint density at radius 2 is 1.67 bits per heavy atom. The minimum absolute atomic E-state index is 0.0900. The zero-order chi connectivity index (χ0) is 25.8. The normalized spacial score (nSPS) is 11.8. The van der Waals surface area contributed by atoms with Gasteiger partial charge in [0, 0.05) is 22.7 Å². The van der Waals surface area contributed by atoms with Crippen LogP contribution in [-0.4, -0.2) is 41.5 Å². The van der Waals surface area contributed by atoms with Gasteiger partial charge < -0.3 is 19.9 Å². The Balaban J connectivity index is 1.65. The van der Waals surface area contributed by atoms with E-state index in [1.54, 1.807) is 0 Å². The van der Waals surface area contributed by atoms with Crippen LogP contribution in [0.2, 0.25) is 0 Å². The van der Waals surface area contributed by atoms with Crippen LogP contribution in [-0.2, 0) is 13.2 Å². The molecule has 0 aliphatic carbocycles. The molecule has 1 N–H and O–H groups in total. The molecule has 0 heterocycles. The molecule has 192 valence electrons. The Hall–Kier alpha value is -2.83. The van der Waals surface area contributed by atoms with Gasteiger partial charge in [-0.25, -0.2) is 4.79 Å². The fourth-order valence-electron chi connectivity index (χ4n) is 4.12. The summed E-state index contributed by atoms with van der Waals surface area (Å²) in [6.07, 6.45) is 2.00. The van der Waals surface area contributed by atoms with E-state index in [1.165, 1.54) is 0 Å². The molecule has 0 aliphatic heterocycles. The van der Waals surface area contributed by atoms with E-state index < -0.39 is 0 Å². The van der Waals surface area contributed by atoms with E-state index in [-0.39, 0.29) is 12.1 Å². The van der Waals surface area contributed by atoms with E-state index in [9.17, 15) is 4.79 Å². The van der Waals surface area contributed by atoms with Gasteiger partial charge in [-0.15, -0.1) is 0 Å². The topological polar surface area (TPSA) is 44.8 Å². The summed E-state index contributed by atoms with van der Waals surface area (Å²) >= 11 is 3.49. The van der Waals surface area contributed by atoms with Crippen LogP contribution in [0.25, 0.3) is 0 Å². The molecule has 3 rings (SSSR count). The third kappa shape index (κ3) is 8.99. The molecule has 6 heteroatoms. The van der Waals surface area contributed by atoms with Crippen molar-refractivity contribution in [2.45, 2.75) is 52.8 Å². The zero-order valence-electron chi connectivity index (χ0n) is 21.6. The van der Waals surface area contributed by atoms with Crippen molar-refractivity contribution in [1.29, 1.82) is 0 Å². The Bertz CT molecular complexity index is 1060. The molecule has 0 fully saturated rings. The van der Waals surface area contributed by atoms with E-state index in [2.05, 4.69) is 59.1 Å². The molecule has 1 unspecified atom stereocenters. The number of carbonyl (C=O) groups excluding carboxylic acids is 1. The van der Waals surface area contributed by atoms with Crippen molar-refractivity contribution >= 4 is 27.6 Å². The molecular weight excluding hydrogens is 514 g/mol. The van der Waals surface area contributed by atoms with E-state index in [0.717, 1.165) is 59.5 Å². The van der Waals surface area contributed by atoms with Crippen molar-refractivity contribution in [3.8, 4) is 5.75 Å². The molecule has 0 saturated carbocycles. The minimum Gasteiger partial charge on any atom is -0.489 e. The second-order valence-electron chi connectivity index (χ2n) is 9.00. The van der Waals surface area contributed by atoms with Crippen LogP contribution in [0.5, 0.6) is 5.75 Å². The van der Waals surface area contributed by atoms with Crippen molar-refractivity contribution in [1.82, 2.24) is 9.80 Å². The largest absolute Gasteiger partial charge is 0.489 e. The number of urea groups is 1. The summed E-state index contributed by atoms with van der Waals surface area (Å²) in [4.78, 5) is 17.7. The number of carbonyl (C=O) groups is 1. The van der Waals surface area contributed by atoms with Crippen LogP contribution in [0.3, 0.4) is 0 Å². The highest BCUT2D eigenvalue weighted by Gasteiger charge is 2.21. The second kappa shape index (κ2) is 14.7. The first-order chi connectivity index (χ1) is 17.5. The van der Waals surface area contributed by atoms with E-state index in [0.29, 0.717) is 13.2 Å². The van der Waals surface area contributed by atoms with Crippen molar-refractivity contribution in [3.05, 3.63) is 94.5 Å². The van der Waals surface area contributed by atoms with Crippen LogP contribution in [0.1, 0.15) is 44.7 Å². The first kappa shape index (κ1) is 27.8. The number of nitrogens with zero attached hydrogens (tertiary/aromatic N) is 2. The zero-order valence-corrected chi connectivity index (χ0v) is 23.2. The highest BCUT2D eigenvalue weighted by atomic mass is 79.9. The number of benzene rings is 3. The van der Waals surface area contributed by atoms with Crippen molar-refractivity contribution < 1.29 is 9.53 Å². The van der Waals surface area contributed by atoms with Crippen molar-refractivity contribution in [3.63, 3.8) is 0 Å². The number of halogens is 1. The van der Waals surface area contributed by atoms with Gasteiger partial charge in [0.2, 0.25) is 0 Å². The van der Waals surface area contributed by atoms with Gasteiger partial charge in [0.25, 0.3) is 0 Å². The van der Waals surface area contributed by atoms with Gasteiger partial charge in [-0.3, -0.25) is 0 Å². The molecule has 0 aliphatic rings. The number of ether oxygens (including phenoxy) is 1. The van der Waals surface area contributed by atoms with Crippen molar-refractivity contribution in [2.24, 2.45) is 0 Å². The lowest BCUT2D eigenvalue weighted by Gasteiger charge is -2.30. The van der Waals surface area contributed by atoms with Gasteiger partial charge in [0.1, 0.15) is 12.4 Å². The van der Waals surface area contributed by atoms with Crippen LogP contribution in [0.15, 0.2) is 83.3 Å². The molecule has 3 aromatic rings. The predicted molar refractivity (Wildman–Crippen MR) is 152 cm³/mol. The Labute approximate surface area is 224 Å². The first-order valence-corrected chi connectivity index (χ1v) is 13.6. The molecule has 2 amide bonds. The van der Waals surface area contributed by atoms with Crippen LogP contribution >= 0.6 is 15.9 Å². The highest BCUT2D eigenvalue weighted by molar-refractivity contribution is 9.10. The number of anilines is 1. The molecule has 1 atom stereocenters. The third-order valence-electron chi connectivity index (χ3n) is 6.38. The summed E-state index contributed by atoms with van der Waals surface area (Å²) in [5.74, 6) is 0.819. The smallest absolute Gasteiger partial charge is 0.322 e. The number of nitrogens with one attached hydrogen (secondary N) is 1.